The maximum absolute atomic E-state index is 11.8. The van der Waals surface area contributed by atoms with Crippen LogP contribution in [0.2, 0.25) is 0 Å². The minimum absolute atomic E-state index is 0.291. The van der Waals surface area contributed by atoms with Crippen LogP contribution in [0.25, 0.3) is 0 Å². The van der Waals surface area contributed by atoms with E-state index in [9.17, 15) is 13.2 Å². The van der Waals surface area contributed by atoms with Crippen LogP contribution in [-0.4, -0.2) is 31.7 Å². The molecule has 0 spiro atoms. The molecule has 106 valence electrons. The molecule has 1 aromatic rings. The highest BCUT2D eigenvalue weighted by Gasteiger charge is 2.37. The maximum Gasteiger partial charge on any atom is 0.317 e. The van der Waals surface area contributed by atoms with E-state index in [2.05, 4.69) is 9.71 Å². The molecule has 2 rings (SSSR count). The number of carbonyl (C=O) groups excluding carboxylic acids is 1. The third-order valence-corrected chi connectivity index (χ3v) is 5.75. The lowest BCUT2D eigenvalue weighted by atomic mass is 9.90. The molecule has 1 fully saturated rings. The van der Waals surface area contributed by atoms with Crippen molar-refractivity contribution in [3.05, 3.63) is 11.1 Å². The molecule has 0 radical (unpaired) electrons. The highest BCUT2D eigenvalue weighted by Crippen LogP contribution is 2.32. The second kappa shape index (κ2) is 4.75. The predicted molar refractivity (Wildman–Crippen MR) is 72.7 cm³/mol. The van der Waals surface area contributed by atoms with Gasteiger partial charge < -0.3 is 4.74 Å². The van der Waals surface area contributed by atoms with Crippen molar-refractivity contribution in [1.82, 2.24) is 4.98 Å². The van der Waals surface area contributed by atoms with E-state index in [1.54, 1.807) is 19.2 Å². The molecule has 0 amide bonds. The second-order valence-corrected chi connectivity index (χ2v) is 7.82. The molecular weight excluding hydrogens is 288 g/mol. The molecule has 1 aliphatic carbocycles. The Morgan fingerprint density at radius 1 is 1.53 bits per heavy atom. The standard InChI is InChI=1S/C11H16N2O4S2/c1-11(2,9(14)17-3)8-6-18-10(12-8)13-19(15,16)7-4-5-7/h6-7H,4-5H2,1-3H3,(H,12,13). The zero-order valence-corrected chi connectivity index (χ0v) is 12.6. The normalized spacial score (nSPS) is 16.2. The molecule has 1 aliphatic rings. The molecule has 1 aromatic heterocycles. The van der Waals surface area contributed by atoms with Gasteiger partial charge in [-0.25, -0.2) is 13.4 Å². The highest BCUT2D eigenvalue weighted by atomic mass is 32.2. The van der Waals surface area contributed by atoms with Gasteiger partial charge in [-0.15, -0.1) is 11.3 Å². The molecule has 0 bridgehead atoms. The predicted octanol–water partition coefficient (Wildman–Crippen LogP) is 1.50. The quantitative estimate of drug-likeness (QED) is 0.833. The number of esters is 1. The third kappa shape index (κ3) is 2.89. The first-order valence-electron chi connectivity index (χ1n) is 5.83. The minimum atomic E-state index is -3.32. The summed E-state index contributed by atoms with van der Waals surface area (Å²) in [5.74, 6) is -0.408. The van der Waals surface area contributed by atoms with Crippen molar-refractivity contribution >= 4 is 32.5 Å². The molecule has 1 saturated carbocycles. The minimum Gasteiger partial charge on any atom is -0.468 e. The molecule has 0 unspecified atom stereocenters. The largest absolute Gasteiger partial charge is 0.468 e. The second-order valence-electron chi connectivity index (χ2n) is 5.00. The summed E-state index contributed by atoms with van der Waals surface area (Å²) in [5.41, 5.74) is -0.396. The van der Waals surface area contributed by atoms with Crippen molar-refractivity contribution in [2.24, 2.45) is 0 Å². The van der Waals surface area contributed by atoms with Gasteiger partial charge in [0.05, 0.1) is 18.1 Å². The Hall–Kier alpha value is -1.15. The fraction of sp³-hybridized carbons (Fsp3) is 0.636. The summed E-state index contributed by atoms with van der Waals surface area (Å²) in [5, 5.41) is 1.66. The van der Waals surface area contributed by atoms with Gasteiger partial charge in [0.15, 0.2) is 5.13 Å². The molecule has 0 aliphatic heterocycles. The van der Waals surface area contributed by atoms with Crippen LogP contribution in [0.3, 0.4) is 0 Å². The molecule has 0 aromatic carbocycles. The van der Waals surface area contributed by atoms with E-state index in [4.69, 9.17) is 4.74 Å². The van der Waals surface area contributed by atoms with Crippen molar-refractivity contribution in [2.75, 3.05) is 11.8 Å². The monoisotopic (exact) mass is 304 g/mol. The van der Waals surface area contributed by atoms with E-state index in [0.29, 0.717) is 23.7 Å². The molecule has 1 heterocycles. The van der Waals surface area contributed by atoms with Crippen LogP contribution in [0.4, 0.5) is 5.13 Å². The lowest BCUT2D eigenvalue weighted by Gasteiger charge is -2.18. The van der Waals surface area contributed by atoms with E-state index >= 15 is 0 Å². The average Bonchev–Trinajstić information content (AvgIpc) is 3.10. The van der Waals surface area contributed by atoms with Crippen molar-refractivity contribution in [1.29, 1.82) is 0 Å². The van der Waals surface area contributed by atoms with E-state index in [1.165, 1.54) is 18.4 Å². The van der Waals surface area contributed by atoms with Gasteiger partial charge in [-0.3, -0.25) is 9.52 Å². The smallest absolute Gasteiger partial charge is 0.317 e. The Morgan fingerprint density at radius 3 is 2.68 bits per heavy atom. The first-order chi connectivity index (χ1) is 8.77. The van der Waals surface area contributed by atoms with Gasteiger partial charge in [-0.05, 0) is 26.7 Å². The van der Waals surface area contributed by atoms with Gasteiger partial charge in [-0.2, -0.15) is 0 Å². The van der Waals surface area contributed by atoms with Gasteiger partial charge in [0, 0.05) is 5.38 Å². The highest BCUT2D eigenvalue weighted by molar-refractivity contribution is 7.93. The number of rotatable bonds is 5. The van der Waals surface area contributed by atoms with E-state index < -0.39 is 21.4 Å². The summed E-state index contributed by atoms with van der Waals surface area (Å²) in [6, 6.07) is 0. The van der Waals surface area contributed by atoms with Crippen LogP contribution in [0, 0.1) is 0 Å². The summed E-state index contributed by atoms with van der Waals surface area (Å²) in [4.78, 5) is 15.8. The van der Waals surface area contributed by atoms with E-state index in [0.717, 1.165) is 0 Å². The molecule has 0 saturated heterocycles. The number of thiazole rings is 1. The Bertz CT molecular complexity index is 588. The van der Waals surface area contributed by atoms with E-state index in [-0.39, 0.29) is 5.25 Å². The molecule has 8 heteroatoms. The number of ether oxygens (including phenoxy) is 1. The van der Waals surface area contributed by atoms with E-state index in [1.807, 2.05) is 0 Å². The lowest BCUT2D eigenvalue weighted by Crippen LogP contribution is -2.30. The fourth-order valence-electron chi connectivity index (χ4n) is 1.55. The number of hydrogen-bond acceptors (Lipinski definition) is 6. The summed E-state index contributed by atoms with van der Waals surface area (Å²) < 4.78 is 30.7. The molecular formula is C11H16N2O4S2. The van der Waals surface area contributed by atoms with Gasteiger partial charge in [0.2, 0.25) is 10.0 Å². The first kappa shape index (κ1) is 14.3. The molecule has 0 atom stereocenters. The zero-order chi connectivity index (χ0) is 14.3. The number of hydrogen-bond donors (Lipinski definition) is 1. The number of nitrogens with one attached hydrogen (secondary N) is 1. The Kier molecular flexibility index (Phi) is 3.57. The lowest BCUT2D eigenvalue weighted by molar-refractivity contribution is -0.146. The number of methoxy groups -OCH3 is 1. The van der Waals surface area contributed by atoms with Crippen LogP contribution in [-0.2, 0) is 25.0 Å². The van der Waals surface area contributed by atoms with Crippen LogP contribution < -0.4 is 4.72 Å². The van der Waals surface area contributed by atoms with Crippen LogP contribution in [0.1, 0.15) is 32.4 Å². The third-order valence-electron chi connectivity index (χ3n) is 3.03. The van der Waals surface area contributed by atoms with Gasteiger partial charge >= 0.3 is 5.97 Å². The van der Waals surface area contributed by atoms with Crippen molar-refractivity contribution in [3.63, 3.8) is 0 Å². The van der Waals surface area contributed by atoms with Gasteiger partial charge in [-0.1, -0.05) is 0 Å². The van der Waals surface area contributed by atoms with Crippen LogP contribution in [0.15, 0.2) is 5.38 Å². The number of sulfonamides is 1. The fourth-order valence-corrected chi connectivity index (χ4v) is 4.03. The zero-order valence-electron chi connectivity index (χ0n) is 11.0. The number of nitrogens with zero attached hydrogens (tertiary/aromatic N) is 1. The Labute approximate surface area is 116 Å². The van der Waals surface area contributed by atoms with Gasteiger partial charge in [0.1, 0.15) is 5.41 Å². The van der Waals surface area contributed by atoms with Crippen molar-refractivity contribution < 1.29 is 17.9 Å². The SMILES string of the molecule is COC(=O)C(C)(C)c1csc(NS(=O)(=O)C2CC2)n1. The average molecular weight is 304 g/mol. The Morgan fingerprint density at radius 2 is 2.16 bits per heavy atom. The maximum atomic E-state index is 11.8. The summed E-state index contributed by atoms with van der Waals surface area (Å²) in [6.07, 6.45) is 1.39. The topological polar surface area (TPSA) is 85.4 Å². The summed E-state index contributed by atoms with van der Waals surface area (Å²) in [6.45, 7) is 3.38. The van der Waals surface area contributed by atoms with Crippen molar-refractivity contribution in [3.8, 4) is 0 Å². The molecule has 1 N–H and O–H groups in total. The van der Waals surface area contributed by atoms with Crippen LogP contribution in [0.5, 0.6) is 0 Å². The Balaban J connectivity index is 2.17. The van der Waals surface area contributed by atoms with Gasteiger partial charge in [0.25, 0.3) is 0 Å². The van der Waals surface area contributed by atoms with Crippen LogP contribution >= 0.6 is 11.3 Å². The molecule has 6 nitrogen and oxygen atoms in total. The number of anilines is 1. The van der Waals surface area contributed by atoms with Crippen molar-refractivity contribution in [2.45, 2.75) is 37.4 Å². The number of aromatic nitrogens is 1. The number of carbonyl (C=O) groups is 1. The molecule has 19 heavy (non-hydrogen) atoms. The first-order valence-corrected chi connectivity index (χ1v) is 8.26. The summed E-state index contributed by atoms with van der Waals surface area (Å²) in [7, 11) is -2.00. The summed E-state index contributed by atoms with van der Waals surface area (Å²) >= 11 is 1.17.